The molecule has 1 fully saturated rings. The summed E-state index contributed by atoms with van der Waals surface area (Å²) in [4.78, 5) is 8.68. The zero-order valence-corrected chi connectivity index (χ0v) is 9.41. The van der Waals surface area contributed by atoms with Gasteiger partial charge in [0.2, 0.25) is 5.88 Å². The van der Waals surface area contributed by atoms with Crippen LogP contribution in [0, 0.1) is 0 Å². The van der Waals surface area contributed by atoms with Crippen molar-refractivity contribution in [3.05, 3.63) is 17.6 Å². The van der Waals surface area contributed by atoms with Gasteiger partial charge in [-0.05, 0) is 25.7 Å². The van der Waals surface area contributed by atoms with Gasteiger partial charge in [0.15, 0.2) is 0 Å². The fourth-order valence-corrected chi connectivity index (χ4v) is 2.27. The molecule has 86 valence electrons. The largest absolute Gasteiger partial charge is 0.471 e. The van der Waals surface area contributed by atoms with Crippen molar-refractivity contribution in [3.63, 3.8) is 0 Å². The second-order valence-electron chi connectivity index (χ2n) is 4.56. The van der Waals surface area contributed by atoms with Gasteiger partial charge in [0.1, 0.15) is 12.4 Å². The number of aromatic nitrogens is 2. The normalized spacial score (nSPS) is 20.8. The van der Waals surface area contributed by atoms with Crippen LogP contribution < -0.4 is 10.1 Å². The smallest absolute Gasteiger partial charge is 0.220 e. The molecule has 0 unspecified atom stereocenters. The second-order valence-corrected chi connectivity index (χ2v) is 4.56. The molecule has 0 amide bonds. The van der Waals surface area contributed by atoms with Gasteiger partial charge in [-0.2, -0.15) is 0 Å². The van der Waals surface area contributed by atoms with E-state index in [-0.39, 0.29) is 0 Å². The summed E-state index contributed by atoms with van der Waals surface area (Å²) in [5, 5.41) is 3.21. The van der Waals surface area contributed by atoms with E-state index in [0.29, 0.717) is 6.10 Å². The summed E-state index contributed by atoms with van der Waals surface area (Å²) in [6.45, 7) is 1.89. The van der Waals surface area contributed by atoms with Gasteiger partial charge in [0.05, 0.1) is 5.69 Å². The first kappa shape index (κ1) is 10.0. The van der Waals surface area contributed by atoms with Crippen LogP contribution in [0.3, 0.4) is 0 Å². The first-order valence-electron chi connectivity index (χ1n) is 6.13. The topological polar surface area (TPSA) is 47.0 Å². The molecule has 2 heterocycles. The summed E-state index contributed by atoms with van der Waals surface area (Å²) in [5.74, 6) is 0.832. The lowest BCUT2D eigenvalue weighted by Crippen LogP contribution is -2.50. The molecule has 0 atom stereocenters. The summed E-state index contributed by atoms with van der Waals surface area (Å²) in [6, 6.07) is 0. The van der Waals surface area contributed by atoms with Gasteiger partial charge < -0.3 is 10.1 Å². The zero-order valence-electron chi connectivity index (χ0n) is 9.41. The fourth-order valence-electron chi connectivity index (χ4n) is 2.27. The Bertz CT molecular complexity index is 377. The number of rotatable bonds is 2. The second kappa shape index (κ2) is 4.37. The van der Waals surface area contributed by atoms with Crippen molar-refractivity contribution in [2.75, 3.05) is 13.1 Å². The zero-order chi connectivity index (χ0) is 10.8. The van der Waals surface area contributed by atoms with Crippen LogP contribution in [-0.2, 0) is 12.8 Å². The number of hydrogen-bond acceptors (Lipinski definition) is 4. The fraction of sp³-hybridized carbons (Fsp3) is 0.667. The van der Waals surface area contributed by atoms with E-state index in [9.17, 15) is 0 Å². The molecule has 2 aliphatic rings. The molecule has 0 radical (unpaired) electrons. The van der Waals surface area contributed by atoms with Crippen molar-refractivity contribution in [3.8, 4) is 5.88 Å². The maximum Gasteiger partial charge on any atom is 0.220 e. The van der Waals surface area contributed by atoms with Crippen molar-refractivity contribution < 1.29 is 4.74 Å². The number of hydrogen-bond donors (Lipinski definition) is 1. The molecule has 1 aliphatic carbocycles. The Kier molecular flexibility index (Phi) is 2.74. The number of nitrogens with one attached hydrogen (secondary N) is 1. The van der Waals surface area contributed by atoms with E-state index in [1.165, 1.54) is 30.5 Å². The van der Waals surface area contributed by atoms with E-state index < -0.39 is 0 Å². The summed E-state index contributed by atoms with van der Waals surface area (Å²) in [7, 11) is 0. The van der Waals surface area contributed by atoms with Crippen LogP contribution in [-0.4, -0.2) is 29.2 Å². The highest BCUT2D eigenvalue weighted by molar-refractivity contribution is 5.31. The SMILES string of the molecule is c1nc2c(c(OC3CNC3)n1)CCCCC2. The molecule has 0 spiro atoms. The van der Waals surface area contributed by atoms with E-state index in [0.717, 1.165) is 31.8 Å². The Labute approximate surface area is 95.4 Å². The highest BCUT2D eigenvalue weighted by Crippen LogP contribution is 2.26. The van der Waals surface area contributed by atoms with Gasteiger partial charge in [0, 0.05) is 18.7 Å². The van der Waals surface area contributed by atoms with Crippen LogP contribution in [0.1, 0.15) is 30.5 Å². The van der Waals surface area contributed by atoms with Gasteiger partial charge in [-0.25, -0.2) is 9.97 Å². The van der Waals surface area contributed by atoms with Gasteiger partial charge in [0.25, 0.3) is 0 Å². The van der Waals surface area contributed by atoms with Crippen LogP contribution in [0.5, 0.6) is 5.88 Å². The average molecular weight is 219 g/mol. The van der Waals surface area contributed by atoms with Crippen molar-refractivity contribution in [1.29, 1.82) is 0 Å². The van der Waals surface area contributed by atoms with Crippen molar-refractivity contribution in [2.24, 2.45) is 0 Å². The number of aryl methyl sites for hydroxylation is 1. The minimum Gasteiger partial charge on any atom is -0.471 e. The number of fused-ring (bicyclic) bond motifs is 1. The van der Waals surface area contributed by atoms with Crippen molar-refractivity contribution in [1.82, 2.24) is 15.3 Å². The third-order valence-corrected chi connectivity index (χ3v) is 3.36. The van der Waals surface area contributed by atoms with E-state index in [4.69, 9.17) is 4.74 Å². The molecule has 1 aliphatic heterocycles. The molecular formula is C12H17N3O. The first-order chi connectivity index (χ1) is 7.93. The lowest BCUT2D eigenvalue weighted by molar-refractivity contribution is 0.134. The predicted octanol–water partition coefficient (Wildman–Crippen LogP) is 1.10. The van der Waals surface area contributed by atoms with E-state index in [1.807, 2.05) is 0 Å². The Morgan fingerprint density at radius 2 is 2.00 bits per heavy atom. The monoisotopic (exact) mass is 219 g/mol. The quantitative estimate of drug-likeness (QED) is 0.757. The third-order valence-electron chi connectivity index (χ3n) is 3.36. The minimum atomic E-state index is 0.308. The average Bonchev–Trinajstić information content (AvgIpc) is 2.48. The minimum absolute atomic E-state index is 0.308. The predicted molar refractivity (Wildman–Crippen MR) is 60.6 cm³/mol. The molecule has 1 aromatic heterocycles. The molecule has 1 saturated heterocycles. The van der Waals surface area contributed by atoms with E-state index >= 15 is 0 Å². The highest BCUT2D eigenvalue weighted by atomic mass is 16.5. The van der Waals surface area contributed by atoms with Crippen LogP contribution in [0.25, 0.3) is 0 Å². The molecule has 4 heteroatoms. The van der Waals surface area contributed by atoms with E-state index in [1.54, 1.807) is 6.33 Å². The molecule has 0 aromatic carbocycles. The van der Waals surface area contributed by atoms with E-state index in [2.05, 4.69) is 15.3 Å². The maximum absolute atomic E-state index is 5.89. The van der Waals surface area contributed by atoms with Crippen LogP contribution in [0.15, 0.2) is 6.33 Å². The van der Waals surface area contributed by atoms with Gasteiger partial charge in [-0.3, -0.25) is 0 Å². The van der Waals surface area contributed by atoms with Gasteiger partial charge >= 0.3 is 0 Å². The Morgan fingerprint density at radius 3 is 2.81 bits per heavy atom. The summed E-state index contributed by atoms with van der Waals surface area (Å²) < 4.78 is 5.89. The molecular weight excluding hydrogens is 202 g/mol. The number of ether oxygens (including phenoxy) is 1. The van der Waals surface area contributed by atoms with Gasteiger partial charge in [-0.15, -0.1) is 0 Å². The van der Waals surface area contributed by atoms with Crippen LogP contribution in [0.4, 0.5) is 0 Å². The lowest BCUT2D eigenvalue weighted by Gasteiger charge is -2.28. The molecule has 16 heavy (non-hydrogen) atoms. The molecule has 1 N–H and O–H groups in total. The molecule has 0 saturated carbocycles. The van der Waals surface area contributed by atoms with Crippen molar-refractivity contribution >= 4 is 0 Å². The van der Waals surface area contributed by atoms with Crippen LogP contribution in [0.2, 0.25) is 0 Å². The molecule has 0 bridgehead atoms. The third kappa shape index (κ3) is 1.89. The molecule has 1 aromatic rings. The van der Waals surface area contributed by atoms with Crippen molar-refractivity contribution in [2.45, 2.75) is 38.2 Å². The summed E-state index contributed by atoms with van der Waals surface area (Å²) in [5.41, 5.74) is 2.46. The molecule has 3 rings (SSSR count). The Hall–Kier alpha value is -1.16. The van der Waals surface area contributed by atoms with Crippen LogP contribution >= 0.6 is 0 Å². The summed E-state index contributed by atoms with van der Waals surface area (Å²) >= 11 is 0. The standard InChI is InChI=1S/C12H17N3O/c1-2-4-10-11(5-3-1)14-8-15-12(10)16-9-6-13-7-9/h8-9,13H,1-7H2. The highest BCUT2D eigenvalue weighted by Gasteiger charge is 2.22. The first-order valence-corrected chi connectivity index (χ1v) is 6.13. The molecule has 4 nitrogen and oxygen atoms in total. The maximum atomic E-state index is 5.89. The van der Waals surface area contributed by atoms with Gasteiger partial charge in [-0.1, -0.05) is 6.42 Å². The Morgan fingerprint density at radius 1 is 1.12 bits per heavy atom. The lowest BCUT2D eigenvalue weighted by atomic mass is 10.1. The Balaban J connectivity index is 1.85. The summed E-state index contributed by atoms with van der Waals surface area (Å²) in [6.07, 6.45) is 7.88. The number of nitrogens with zero attached hydrogens (tertiary/aromatic N) is 2.